The smallest absolute Gasteiger partial charge is 0.248 e. The summed E-state index contributed by atoms with van der Waals surface area (Å²) in [5.41, 5.74) is 7.91. The average Bonchev–Trinajstić information content (AvgIpc) is 2.97. The highest BCUT2D eigenvalue weighted by atomic mass is 35.5. The molecule has 6 heteroatoms. The van der Waals surface area contributed by atoms with Crippen molar-refractivity contribution < 1.29 is 14.4 Å². The quantitative estimate of drug-likeness (QED) is 0.564. The number of halogens is 1. The van der Waals surface area contributed by atoms with Crippen LogP contribution in [0.4, 0.5) is 0 Å². The van der Waals surface area contributed by atoms with Gasteiger partial charge in [0.15, 0.2) is 11.6 Å². The van der Waals surface area contributed by atoms with E-state index in [1.165, 1.54) is 6.92 Å². The first-order valence-corrected chi connectivity index (χ1v) is 9.82. The molecule has 0 fully saturated rings. The Balaban J connectivity index is 2.34. The number of rotatable bonds is 7. The summed E-state index contributed by atoms with van der Waals surface area (Å²) in [6, 6.07) is 12.2. The van der Waals surface area contributed by atoms with Gasteiger partial charge in [-0.2, -0.15) is 0 Å². The fourth-order valence-corrected chi connectivity index (χ4v) is 3.78. The van der Waals surface area contributed by atoms with E-state index in [9.17, 15) is 14.4 Å². The van der Waals surface area contributed by atoms with Crippen LogP contribution >= 0.6 is 11.6 Å². The Morgan fingerprint density at radius 1 is 1.10 bits per heavy atom. The van der Waals surface area contributed by atoms with Crippen LogP contribution in [0, 0.1) is 5.92 Å². The predicted octanol–water partition coefficient (Wildman–Crippen LogP) is 4.87. The van der Waals surface area contributed by atoms with Gasteiger partial charge in [-0.1, -0.05) is 49.7 Å². The van der Waals surface area contributed by atoms with Gasteiger partial charge in [0.05, 0.1) is 16.8 Å². The first kappa shape index (κ1) is 20.8. The van der Waals surface area contributed by atoms with E-state index in [0.717, 1.165) is 5.56 Å². The van der Waals surface area contributed by atoms with Gasteiger partial charge in [-0.3, -0.25) is 14.4 Å². The van der Waals surface area contributed by atoms with Crippen molar-refractivity contribution in [1.29, 1.82) is 0 Å². The molecule has 1 aromatic heterocycles. The Morgan fingerprint density at radius 2 is 1.79 bits per heavy atom. The maximum atomic E-state index is 13.1. The zero-order valence-electron chi connectivity index (χ0n) is 16.7. The predicted molar refractivity (Wildman–Crippen MR) is 115 cm³/mol. The number of ketones is 2. The number of fused-ring (bicyclic) bond motifs is 1. The molecule has 29 heavy (non-hydrogen) atoms. The summed E-state index contributed by atoms with van der Waals surface area (Å²) in [6.45, 7) is 5.65. The second-order valence-corrected chi connectivity index (χ2v) is 7.98. The third kappa shape index (κ3) is 4.10. The van der Waals surface area contributed by atoms with E-state index < -0.39 is 5.91 Å². The number of hydrogen-bond donors (Lipinski definition) is 1. The number of carbonyl (C=O) groups excluding carboxylic acids is 3. The Labute approximate surface area is 174 Å². The van der Waals surface area contributed by atoms with Crippen molar-refractivity contribution >= 4 is 40.0 Å². The maximum absolute atomic E-state index is 13.1. The SMILES string of the molecule is CC(=O)c1c(C(=O)CC(C)C)c2ccc(C(N)=O)cc2n1Cc1ccccc1Cl. The van der Waals surface area contributed by atoms with Gasteiger partial charge in [-0.25, -0.2) is 0 Å². The molecule has 0 unspecified atom stereocenters. The monoisotopic (exact) mass is 410 g/mol. The molecule has 0 saturated carbocycles. The molecule has 3 rings (SSSR count). The highest BCUT2D eigenvalue weighted by Gasteiger charge is 2.26. The first-order chi connectivity index (χ1) is 13.7. The van der Waals surface area contributed by atoms with Gasteiger partial charge in [-0.05, 0) is 29.7 Å². The highest BCUT2D eigenvalue weighted by molar-refractivity contribution is 6.31. The van der Waals surface area contributed by atoms with E-state index in [1.807, 2.05) is 32.0 Å². The molecule has 150 valence electrons. The number of benzene rings is 2. The zero-order valence-corrected chi connectivity index (χ0v) is 17.4. The summed E-state index contributed by atoms with van der Waals surface area (Å²) in [5, 5.41) is 1.20. The van der Waals surface area contributed by atoms with Gasteiger partial charge in [0, 0.05) is 35.9 Å². The van der Waals surface area contributed by atoms with Crippen LogP contribution in [-0.2, 0) is 6.54 Å². The minimum absolute atomic E-state index is 0.0973. The molecule has 0 aliphatic carbocycles. The van der Waals surface area contributed by atoms with Gasteiger partial charge in [0.1, 0.15) is 0 Å². The molecule has 5 nitrogen and oxygen atoms in total. The summed E-state index contributed by atoms with van der Waals surface area (Å²) >= 11 is 6.34. The van der Waals surface area contributed by atoms with Crippen molar-refractivity contribution in [1.82, 2.24) is 4.57 Å². The van der Waals surface area contributed by atoms with Gasteiger partial charge in [0.25, 0.3) is 0 Å². The van der Waals surface area contributed by atoms with Crippen molar-refractivity contribution in [3.63, 3.8) is 0 Å². The van der Waals surface area contributed by atoms with Crippen LogP contribution in [0.25, 0.3) is 10.9 Å². The Morgan fingerprint density at radius 3 is 2.38 bits per heavy atom. The molecule has 2 aromatic carbocycles. The largest absolute Gasteiger partial charge is 0.366 e. The Hall–Kier alpha value is -2.92. The van der Waals surface area contributed by atoms with Gasteiger partial charge in [0.2, 0.25) is 5.91 Å². The van der Waals surface area contributed by atoms with Crippen LogP contribution in [0.15, 0.2) is 42.5 Å². The third-order valence-electron chi connectivity index (χ3n) is 4.84. The molecule has 0 bridgehead atoms. The summed E-state index contributed by atoms with van der Waals surface area (Å²) < 4.78 is 1.76. The summed E-state index contributed by atoms with van der Waals surface area (Å²) in [5.74, 6) is -0.744. The summed E-state index contributed by atoms with van der Waals surface area (Å²) in [6.07, 6.45) is 0.322. The van der Waals surface area contributed by atoms with E-state index in [1.54, 1.807) is 28.8 Å². The number of amides is 1. The minimum Gasteiger partial charge on any atom is -0.366 e. The van der Waals surface area contributed by atoms with Gasteiger partial charge < -0.3 is 10.3 Å². The van der Waals surface area contributed by atoms with Crippen LogP contribution in [-0.4, -0.2) is 22.0 Å². The molecule has 2 N–H and O–H groups in total. The fourth-order valence-electron chi connectivity index (χ4n) is 3.59. The van der Waals surface area contributed by atoms with Crippen LogP contribution < -0.4 is 5.73 Å². The van der Waals surface area contributed by atoms with Crippen LogP contribution in [0.3, 0.4) is 0 Å². The lowest BCUT2D eigenvalue weighted by Crippen LogP contribution is -2.14. The molecule has 0 radical (unpaired) electrons. The first-order valence-electron chi connectivity index (χ1n) is 9.44. The molecule has 0 saturated heterocycles. The molecule has 0 atom stereocenters. The van der Waals surface area contributed by atoms with Crippen LogP contribution in [0.1, 0.15) is 64.0 Å². The number of carbonyl (C=O) groups is 3. The normalized spacial score (nSPS) is 11.2. The van der Waals surface area contributed by atoms with Crippen LogP contribution in [0.5, 0.6) is 0 Å². The number of hydrogen-bond acceptors (Lipinski definition) is 3. The van der Waals surface area contributed by atoms with Crippen LogP contribution in [0.2, 0.25) is 5.02 Å². The summed E-state index contributed by atoms with van der Waals surface area (Å²) in [4.78, 5) is 37.4. The molecular formula is C23H23ClN2O3. The van der Waals surface area contributed by atoms with Crippen molar-refractivity contribution in [2.45, 2.75) is 33.7 Å². The topological polar surface area (TPSA) is 82.2 Å². The zero-order chi connectivity index (χ0) is 21.3. The van der Waals surface area contributed by atoms with Crippen molar-refractivity contribution in [2.24, 2.45) is 11.7 Å². The molecule has 0 aliphatic rings. The molecule has 0 spiro atoms. The van der Waals surface area contributed by atoms with Crippen molar-refractivity contribution in [3.8, 4) is 0 Å². The van der Waals surface area contributed by atoms with Gasteiger partial charge >= 0.3 is 0 Å². The lowest BCUT2D eigenvalue weighted by Gasteiger charge is -2.12. The van der Waals surface area contributed by atoms with E-state index in [-0.39, 0.29) is 17.5 Å². The standard InChI is InChI=1S/C23H23ClN2O3/c1-13(2)10-20(28)21-17-9-8-15(23(25)29)11-19(17)26(22(21)14(3)27)12-16-6-4-5-7-18(16)24/h4-9,11,13H,10,12H2,1-3H3,(H2,25,29). The number of nitrogens with two attached hydrogens (primary N) is 1. The average molecular weight is 411 g/mol. The lowest BCUT2D eigenvalue weighted by molar-refractivity contribution is 0.0948. The highest BCUT2D eigenvalue weighted by Crippen LogP contribution is 2.31. The number of aromatic nitrogens is 1. The number of Topliss-reactive ketones (excluding diaryl/α,β-unsaturated/α-hetero) is 2. The van der Waals surface area contributed by atoms with E-state index in [2.05, 4.69) is 0 Å². The number of nitrogens with zero attached hydrogens (tertiary/aromatic N) is 1. The molecule has 0 aliphatic heterocycles. The van der Waals surface area contributed by atoms with Crippen molar-refractivity contribution in [3.05, 3.63) is 69.9 Å². The lowest BCUT2D eigenvalue weighted by atomic mass is 9.97. The minimum atomic E-state index is -0.572. The maximum Gasteiger partial charge on any atom is 0.248 e. The van der Waals surface area contributed by atoms with E-state index in [4.69, 9.17) is 17.3 Å². The third-order valence-corrected chi connectivity index (χ3v) is 5.21. The van der Waals surface area contributed by atoms with Crippen molar-refractivity contribution in [2.75, 3.05) is 0 Å². The molecule has 3 aromatic rings. The molecule has 1 amide bonds. The fraction of sp³-hybridized carbons (Fsp3) is 0.261. The number of primary amides is 1. The second-order valence-electron chi connectivity index (χ2n) is 7.57. The van der Waals surface area contributed by atoms with E-state index >= 15 is 0 Å². The Bertz CT molecular complexity index is 1130. The second kappa shape index (κ2) is 8.21. The van der Waals surface area contributed by atoms with Gasteiger partial charge in [-0.15, -0.1) is 0 Å². The molecule has 1 heterocycles. The van der Waals surface area contributed by atoms with E-state index in [0.29, 0.717) is 45.7 Å². The summed E-state index contributed by atoms with van der Waals surface area (Å²) in [7, 11) is 0. The molecular weight excluding hydrogens is 388 g/mol. The Kier molecular flexibility index (Phi) is 5.89.